The van der Waals surface area contributed by atoms with E-state index in [4.69, 9.17) is 0 Å². The van der Waals surface area contributed by atoms with E-state index in [1.807, 2.05) is 0 Å². The fourth-order valence-electron chi connectivity index (χ4n) is 4.56. The number of aliphatic hydroxyl groups is 1. The van der Waals surface area contributed by atoms with Crippen molar-refractivity contribution in [3.63, 3.8) is 0 Å². The lowest BCUT2D eigenvalue weighted by molar-refractivity contribution is -0.00619. The second kappa shape index (κ2) is 3.83. The molecule has 0 unspecified atom stereocenters. The molecule has 0 radical (unpaired) electrons. The third kappa shape index (κ3) is 1.53. The van der Waals surface area contributed by atoms with Gasteiger partial charge in [0.1, 0.15) is 0 Å². The molecule has 18 heavy (non-hydrogen) atoms. The smallest absolute Gasteiger partial charge is 0.0796 e. The zero-order valence-corrected chi connectivity index (χ0v) is 12.2. The standard InChI is InChI=1S/C15H20OS2/c1-10-7-14-2-3-15(17-4-5-18-15)9-12(14)13(16)6-11(10)8-14/h2-3,11-13,16H,1,4-9H2/t11-,12-,13+,14-/m1/s1. The topological polar surface area (TPSA) is 20.2 Å². The van der Waals surface area contributed by atoms with Gasteiger partial charge in [0.2, 0.25) is 0 Å². The van der Waals surface area contributed by atoms with Crippen LogP contribution in [0.1, 0.15) is 25.7 Å². The Labute approximate surface area is 117 Å². The van der Waals surface area contributed by atoms with Crippen molar-refractivity contribution in [1.29, 1.82) is 0 Å². The molecule has 0 amide bonds. The second-order valence-electron chi connectivity index (χ2n) is 6.42. The number of aliphatic hydroxyl groups excluding tert-OH is 1. The highest BCUT2D eigenvalue weighted by Gasteiger charge is 2.56. The van der Waals surface area contributed by atoms with E-state index in [0.717, 1.165) is 12.8 Å². The minimum absolute atomic E-state index is 0.105. The Bertz CT molecular complexity index is 424. The molecule has 4 rings (SSSR count). The Kier molecular flexibility index (Phi) is 2.54. The fraction of sp³-hybridized carbons (Fsp3) is 0.733. The molecule has 0 aromatic rings. The summed E-state index contributed by atoms with van der Waals surface area (Å²) in [7, 11) is 0. The number of hydrogen-bond donors (Lipinski definition) is 1. The molecule has 1 saturated heterocycles. The van der Waals surface area contributed by atoms with Crippen LogP contribution in [0.4, 0.5) is 0 Å². The van der Waals surface area contributed by atoms with E-state index in [9.17, 15) is 5.11 Å². The van der Waals surface area contributed by atoms with Crippen LogP contribution in [0, 0.1) is 17.3 Å². The molecule has 4 aliphatic rings. The molecule has 0 aromatic carbocycles. The molecular weight excluding hydrogens is 260 g/mol. The van der Waals surface area contributed by atoms with Crippen molar-refractivity contribution in [2.45, 2.75) is 35.9 Å². The summed E-state index contributed by atoms with van der Waals surface area (Å²) in [6.07, 6.45) is 9.34. The van der Waals surface area contributed by atoms with Crippen molar-refractivity contribution in [3.8, 4) is 0 Å². The predicted molar refractivity (Wildman–Crippen MR) is 79.8 cm³/mol. The lowest BCUT2D eigenvalue weighted by atomic mass is 9.62. The average Bonchev–Trinajstić information content (AvgIpc) is 2.88. The molecule has 3 heteroatoms. The largest absolute Gasteiger partial charge is 0.393 e. The quantitative estimate of drug-likeness (QED) is 0.686. The van der Waals surface area contributed by atoms with Gasteiger partial charge in [0, 0.05) is 11.5 Å². The molecule has 1 N–H and O–H groups in total. The highest BCUT2D eigenvalue weighted by molar-refractivity contribution is 8.21. The Hall–Kier alpha value is 0.140. The molecular formula is C15H20OS2. The zero-order chi connectivity index (χ0) is 12.4. The Morgan fingerprint density at radius 3 is 2.78 bits per heavy atom. The van der Waals surface area contributed by atoms with E-state index in [0.29, 0.717) is 11.8 Å². The van der Waals surface area contributed by atoms with Gasteiger partial charge in [-0.15, -0.1) is 23.5 Å². The van der Waals surface area contributed by atoms with Gasteiger partial charge in [0.05, 0.1) is 10.2 Å². The molecule has 3 fully saturated rings. The number of allylic oxidation sites excluding steroid dienone is 2. The van der Waals surface area contributed by atoms with E-state index in [-0.39, 0.29) is 15.6 Å². The summed E-state index contributed by atoms with van der Waals surface area (Å²) < 4.78 is 0.285. The van der Waals surface area contributed by atoms with E-state index >= 15 is 0 Å². The lowest BCUT2D eigenvalue weighted by Gasteiger charge is -2.48. The van der Waals surface area contributed by atoms with Crippen LogP contribution in [0.5, 0.6) is 0 Å². The van der Waals surface area contributed by atoms with E-state index < -0.39 is 0 Å². The first kappa shape index (κ1) is 11.9. The summed E-state index contributed by atoms with van der Waals surface area (Å²) in [4.78, 5) is 0. The van der Waals surface area contributed by atoms with Gasteiger partial charge >= 0.3 is 0 Å². The summed E-state index contributed by atoms with van der Waals surface area (Å²) in [6, 6.07) is 0. The maximum Gasteiger partial charge on any atom is 0.0796 e. The molecule has 3 aliphatic carbocycles. The van der Waals surface area contributed by atoms with Gasteiger partial charge in [-0.25, -0.2) is 0 Å². The molecule has 2 saturated carbocycles. The second-order valence-corrected chi connectivity index (χ2v) is 9.53. The van der Waals surface area contributed by atoms with Crippen LogP contribution in [-0.4, -0.2) is 26.8 Å². The van der Waals surface area contributed by atoms with Crippen molar-refractivity contribution in [2.75, 3.05) is 11.5 Å². The SMILES string of the molecule is C=C1C[C@@]23C=CC4(C[C@@H]2[C@@H](O)C[C@@H]1C3)SCCS4. The van der Waals surface area contributed by atoms with E-state index in [2.05, 4.69) is 42.3 Å². The van der Waals surface area contributed by atoms with Gasteiger partial charge in [0.25, 0.3) is 0 Å². The molecule has 1 aliphatic heterocycles. The maximum atomic E-state index is 10.5. The van der Waals surface area contributed by atoms with Crippen molar-refractivity contribution in [1.82, 2.24) is 0 Å². The monoisotopic (exact) mass is 280 g/mol. The summed E-state index contributed by atoms with van der Waals surface area (Å²) in [5, 5.41) is 10.5. The number of rotatable bonds is 0. The predicted octanol–water partition coefficient (Wildman–Crippen LogP) is 3.46. The Morgan fingerprint density at radius 1 is 1.22 bits per heavy atom. The van der Waals surface area contributed by atoms with Crippen molar-refractivity contribution >= 4 is 23.5 Å². The number of thioether (sulfide) groups is 2. The molecule has 2 bridgehead atoms. The first-order valence-electron chi connectivity index (χ1n) is 6.97. The highest BCUT2D eigenvalue weighted by Crippen LogP contribution is 2.64. The fourth-order valence-corrected chi connectivity index (χ4v) is 7.67. The zero-order valence-electron chi connectivity index (χ0n) is 10.6. The van der Waals surface area contributed by atoms with Gasteiger partial charge in [-0.2, -0.15) is 0 Å². The molecule has 4 atom stereocenters. The summed E-state index contributed by atoms with van der Waals surface area (Å²) in [6.45, 7) is 4.25. The van der Waals surface area contributed by atoms with Crippen LogP contribution in [0.3, 0.4) is 0 Å². The summed E-state index contributed by atoms with van der Waals surface area (Å²) in [5.41, 5.74) is 1.65. The Morgan fingerprint density at radius 2 is 2.00 bits per heavy atom. The van der Waals surface area contributed by atoms with Gasteiger partial charge in [-0.1, -0.05) is 24.3 Å². The van der Waals surface area contributed by atoms with Crippen LogP contribution < -0.4 is 0 Å². The first-order valence-corrected chi connectivity index (χ1v) is 8.94. The van der Waals surface area contributed by atoms with Crippen LogP contribution in [0.15, 0.2) is 24.3 Å². The van der Waals surface area contributed by atoms with E-state index in [1.54, 1.807) is 0 Å². The van der Waals surface area contributed by atoms with Crippen molar-refractivity contribution in [2.24, 2.45) is 17.3 Å². The van der Waals surface area contributed by atoms with Gasteiger partial charge in [-0.3, -0.25) is 0 Å². The molecule has 1 heterocycles. The average molecular weight is 280 g/mol. The van der Waals surface area contributed by atoms with Crippen molar-refractivity contribution in [3.05, 3.63) is 24.3 Å². The normalized spacial score (nSPS) is 48.7. The lowest BCUT2D eigenvalue weighted by Crippen LogP contribution is -2.45. The Balaban J connectivity index is 1.74. The van der Waals surface area contributed by atoms with Gasteiger partial charge in [-0.05, 0) is 42.9 Å². The summed E-state index contributed by atoms with van der Waals surface area (Å²) >= 11 is 4.18. The van der Waals surface area contributed by atoms with Gasteiger partial charge < -0.3 is 5.11 Å². The van der Waals surface area contributed by atoms with Crippen LogP contribution >= 0.6 is 23.5 Å². The molecule has 0 aromatic heterocycles. The minimum atomic E-state index is -0.105. The van der Waals surface area contributed by atoms with Crippen LogP contribution in [0.2, 0.25) is 0 Å². The van der Waals surface area contributed by atoms with Gasteiger partial charge in [0.15, 0.2) is 0 Å². The number of hydrogen-bond acceptors (Lipinski definition) is 3. The third-order valence-electron chi connectivity index (χ3n) is 5.44. The van der Waals surface area contributed by atoms with E-state index in [1.165, 1.54) is 29.9 Å². The number of fused-ring (bicyclic) bond motifs is 1. The van der Waals surface area contributed by atoms with Crippen molar-refractivity contribution < 1.29 is 5.11 Å². The third-order valence-corrected chi connectivity index (χ3v) is 8.80. The first-order chi connectivity index (χ1) is 8.63. The highest BCUT2D eigenvalue weighted by atomic mass is 32.2. The molecule has 2 spiro atoms. The summed E-state index contributed by atoms with van der Waals surface area (Å²) in [5.74, 6) is 3.58. The maximum absolute atomic E-state index is 10.5. The van der Waals surface area contributed by atoms with Crippen LogP contribution in [0.25, 0.3) is 0 Å². The molecule has 1 nitrogen and oxygen atoms in total. The van der Waals surface area contributed by atoms with Crippen LogP contribution in [-0.2, 0) is 0 Å². The minimum Gasteiger partial charge on any atom is -0.393 e. The molecule has 98 valence electrons.